The van der Waals surface area contributed by atoms with E-state index in [4.69, 9.17) is 0 Å². The first kappa shape index (κ1) is 15.2. The highest BCUT2D eigenvalue weighted by molar-refractivity contribution is 5.96. The van der Waals surface area contributed by atoms with Crippen molar-refractivity contribution in [1.82, 2.24) is 0 Å². The molecule has 0 fully saturated rings. The molecule has 21 heavy (non-hydrogen) atoms. The Kier molecular flexibility index (Phi) is 3.85. The van der Waals surface area contributed by atoms with Crippen molar-refractivity contribution in [2.45, 2.75) is 24.2 Å². The van der Waals surface area contributed by atoms with Crippen LogP contribution in [0.15, 0.2) is 48.1 Å². The molecule has 2 atom stereocenters. The van der Waals surface area contributed by atoms with Crippen molar-refractivity contribution >= 4 is 11.9 Å². The minimum absolute atomic E-state index is 0.596. The van der Waals surface area contributed by atoms with Crippen molar-refractivity contribution in [2.75, 3.05) is 0 Å². The van der Waals surface area contributed by atoms with Gasteiger partial charge < -0.3 is 4.74 Å². The summed E-state index contributed by atoms with van der Waals surface area (Å²) >= 11 is 0. The first-order chi connectivity index (χ1) is 9.75. The summed E-state index contributed by atoms with van der Waals surface area (Å²) in [5.74, 6) is -4.76. The molecule has 0 aromatic rings. The normalized spacial score (nSPS) is 31.4. The van der Waals surface area contributed by atoms with Gasteiger partial charge in [-0.2, -0.15) is 0 Å². The minimum Gasteiger partial charge on any atom is -0.388 e. The Bertz CT molecular complexity index is 553. The SMILES string of the molecule is O=C(OC(=O)C1(F)C=CC(F)=CC1)C1(F)C=CC(F)=CC1. The maximum Gasteiger partial charge on any atom is 0.356 e. The molecule has 0 bridgehead atoms. The van der Waals surface area contributed by atoms with E-state index in [1.54, 1.807) is 0 Å². The standard InChI is InChI=1S/C14H10F4O3/c15-9-1-5-13(17,6-2-9)11(19)21-12(20)14(18)7-3-10(16)4-8-14/h1-5,7H,6,8H2. The number of halogens is 4. The maximum absolute atomic E-state index is 14.1. The molecule has 0 saturated heterocycles. The summed E-state index contributed by atoms with van der Waals surface area (Å²) < 4.78 is 57.8. The van der Waals surface area contributed by atoms with Gasteiger partial charge >= 0.3 is 11.9 Å². The van der Waals surface area contributed by atoms with Crippen LogP contribution in [-0.4, -0.2) is 23.3 Å². The van der Waals surface area contributed by atoms with Crippen LogP contribution in [0.5, 0.6) is 0 Å². The van der Waals surface area contributed by atoms with Crippen LogP contribution in [-0.2, 0) is 14.3 Å². The fourth-order valence-corrected chi connectivity index (χ4v) is 1.74. The Morgan fingerprint density at radius 3 is 1.57 bits per heavy atom. The Morgan fingerprint density at radius 1 is 0.905 bits per heavy atom. The lowest BCUT2D eigenvalue weighted by molar-refractivity contribution is -0.172. The third-order valence-electron chi connectivity index (χ3n) is 3.07. The summed E-state index contributed by atoms with van der Waals surface area (Å²) in [7, 11) is 0. The molecule has 2 aliphatic carbocycles. The third kappa shape index (κ3) is 3.12. The van der Waals surface area contributed by atoms with Crippen LogP contribution >= 0.6 is 0 Å². The zero-order valence-electron chi connectivity index (χ0n) is 10.6. The lowest BCUT2D eigenvalue weighted by Crippen LogP contribution is -2.41. The quantitative estimate of drug-likeness (QED) is 0.447. The second kappa shape index (κ2) is 5.31. The van der Waals surface area contributed by atoms with Crippen LogP contribution in [0.4, 0.5) is 17.6 Å². The molecule has 7 heteroatoms. The van der Waals surface area contributed by atoms with E-state index < -0.39 is 47.8 Å². The number of hydrogen-bond acceptors (Lipinski definition) is 3. The molecule has 0 amide bonds. The highest BCUT2D eigenvalue weighted by atomic mass is 19.2. The number of alkyl halides is 2. The molecule has 2 unspecified atom stereocenters. The van der Waals surface area contributed by atoms with Gasteiger partial charge in [0.1, 0.15) is 11.7 Å². The van der Waals surface area contributed by atoms with E-state index in [-0.39, 0.29) is 0 Å². The summed E-state index contributed by atoms with van der Waals surface area (Å²) in [4.78, 5) is 23.2. The molecule has 0 aromatic carbocycles. The monoisotopic (exact) mass is 302 g/mol. The fraction of sp³-hybridized carbons (Fsp3) is 0.286. The molecule has 2 rings (SSSR count). The molecular weight excluding hydrogens is 292 g/mol. The number of rotatable bonds is 2. The zero-order valence-corrected chi connectivity index (χ0v) is 10.6. The van der Waals surface area contributed by atoms with Crippen LogP contribution < -0.4 is 0 Å². The van der Waals surface area contributed by atoms with Gasteiger partial charge in [0, 0.05) is 12.8 Å². The maximum atomic E-state index is 14.1. The average molecular weight is 302 g/mol. The number of hydrogen-bond donors (Lipinski definition) is 0. The van der Waals surface area contributed by atoms with Gasteiger partial charge in [-0.3, -0.25) is 0 Å². The van der Waals surface area contributed by atoms with Gasteiger partial charge in [-0.05, 0) is 36.5 Å². The summed E-state index contributed by atoms with van der Waals surface area (Å²) in [5, 5.41) is 0. The lowest BCUT2D eigenvalue weighted by atomic mass is 9.95. The zero-order chi connectivity index (χ0) is 15.7. The second-order valence-electron chi connectivity index (χ2n) is 4.65. The van der Waals surface area contributed by atoms with Gasteiger partial charge in [-0.25, -0.2) is 27.2 Å². The Morgan fingerprint density at radius 2 is 1.29 bits per heavy atom. The Hall–Kier alpha value is -2.18. The third-order valence-corrected chi connectivity index (χ3v) is 3.07. The number of ether oxygens (including phenoxy) is 1. The molecule has 0 N–H and O–H groups in total. The van der Waals surface area contributed by atoms with Crippen LogP contribution in [0.1, 0.15) is 12.8 Å². The van der Waals surface area contributed by atoms with Crippen LogP contribution in [0.2, 0.25) is 0 Å². The van der Waals surface area contributed by atoms with Crippen molar-refractivity contribution in [2.24, 2.45) is 0 Å². The first-order valence-electron chi connectivity index (χ1n) is 5.99. The summed E-state index contributed by atoms with van der Waals surface area (Å²) in [6.45, 7) is 0. The lowest BCUT2D eigenvalue weighted by Gasteiger charge is -2.23. The number of carbonyl (C=O) groups is 2. The van der Waals surface area contributed by atoms with E-state index in [0.29, 0.717) is 24.3 Å². The summed E-state index contributed by atoms with van der Waals surface area (Å²) in [6.07, 6.45) is 2.89. The van der Waals surface area contributed by atoms with E-state index in [2.05, 4.69) is 4.74 Å². The van der Waals surface area contributed by atoms with Gasteiger partial charge in [0.15, 0.2) is 0 Å². The molecule has 3 nitrogen and oxygen atoms in total. The molecule has 2 aliphatic rings. The number of carbonyl (C=O) groups excluding carboxylic acids is 2. The molecule has 0 saturated carbocycles. The Labute approximate surface area is 117 Å². The predicted molar refractivity (Wildman–Crippen MR) is 64.7 cm³/mol. The first-order valence-corrected chi connectivity index (χ1v) is 5.99. The minimum atomic E-state index is -2.74. The van der Waals surface area contributed by atoms with Crippen LogP contribution in [0, 0.1) is 0 Å². The van der Waals surface area contributed by atoms with Crippen molar-refractivity contribution in [1.29, 1.82) is 0 Å². The van der Waals surface area contributed by atoms with Crippen LogP contribution in [0.3, 0.4) is 0 Å². The highest BCUT2D eigenvalue weighted by Crippen LogP contribution is 2.30. The summed E-state index contributed by atoms with van der Waals surface area (Å²) in [6, 6.07) is 0. The van der Waals surface area contributed by atoms with Crippen molar-refractivity contribution in [3.8, 4) is 0 Å². The molecule has 112 valence electrons. The van der Waals surface area contributed by atoms with Gasteiger partial charge in [0.2, 0.25) is 11.3 Å². The molecular formula is C14H10F4O3. The topological polar surface area (TPSA) is 43.4 Å². The van der Waals surface area contributed by atoms with Crippen LogP contribution in [0.25, 0.3) is 0 Å². The highest BCUT2D eigenvalue weighted by Gasteiger charge is 2.45. The smallest absolute Gasteiger partial charge is 0.356 e. The van der Waals surface area contributed by atoms with E-state index in [0.717, 1.165) is 12.2 Å². The molecule has 0 spiro atoms. The number of allylic oxidation sites excluding steroid dienone is 6. The van der Waals surface area contributed by atoms with Crippen molar-refractivity contribution in [3.05, 3.63) is 48.1 Å². The summed E-state index contributed by atoms with van der Waals surface area (Å²) in [5.41, 5.74) is -5.47. The fourth-order valence-electron chi connectivity index (χ4n) is 1.74. The molecule has 0 radical (unpaired) electrons. The molecule has 0 aromatic heterocycles. The number of esters is 2. The van der Waals surface area contributed by atoms with Gasteiger partial charge in [-0.1, -0.05) is 0 Å². The van der Waals surface area contributed by atoms with E-state index in [1.807, 2.05) is 0 Å². The second-order valence-corrected chi connectivity index (χ2v) is 4.65. The van der Waals surface area contributed by atoms with E-state index in [9.17, 15) is 27.2 Å². The van der Waals surface area contributed by atoms with E-state index in [1.165, 1.54) is 0 Å². The molecule has 0 heterocycles. The molecule has 0 aliphatic heterocycles. The van der Waals surface area contributed by atoms with Crippen molar-refractivity contribution < 1.29 is 31.9 Å². The largest absolute Gasteiger partial charge is 0.388 e. The Balaban J connectivity index is 2.05. The predicted octanol–water partition coefficient (Wildman–Crippen LogP) is 3.10. The van der Waals surface area contributed by atoms with Crippen molar-refractivity contribution in [3.63, 3.8) is 0 Å². The van der Waals surface area contributed by atoms with Gasteiger partial charge in [0.25, 0.3) is 0 Å². The van der Waals surface area contributed by atoms with E-state index >= 15 is 0 Å². The van der Waals surface area contributed by atoms with Gasteiger partial charge in [-0.15, -0.1) is 0 Å². The van der Waals surface area contributed by atoms with Gasteiger partial charge in [0.05, 0.1) is 0 Å². The average Bonchev–Trinajstić information content (AvgIpc) is 2.45.